The Labute approximate surface area is 148 Å². The second kappa shape index (κ2) is 7.04. The van der Waals surface area contributed by atoms with Gasteiger partial charge in [-0.05, 0) is 75.7 Å². The highest BCUT2D eigenvalue weighted by molar-refractivity contribution is 6.24. The van der Waals surface area contributed by atoms with E-state index in [1.807, 2.05) is 13.0 Å². The van der Waals surface area contributed by atoms with Crippen LogP contribution in [0.25, 0.3) is 6.08 Å². The summed E-state index contributed by atoms with van der Waals surface area (Å²) in [5.74, 6) is 0.204. The number of rotatable bonds is 4. The van der Waals surface area contributed by atoms with Gasteiger partial charge in [0.25, 0.3) is 5.91 Å². The van der Waals surface area contributed by atoms with Crippen LogP contribution in [0.5, 0.6) is 0 Å². The van der Waals surface area contributed by atoms with Gasteiger partial charge in [0.15, 0.2) is 0 Å². The summed E-state index contributed by atoms with van der Waals surface area (Å²) in [5.41, 5.74) is 8.26. The number of hydrazone groups is 1. The summed E-state index contributed by atoms with van der Waals surface area (Å²) in [5, 5.41) is 4.00. The summed E-state index contributed by atoms with van der Waals surface area (Å²) in [6.45, 7) is 5.69. The molecule has 0 spiro atoms. The first kappa shape index (κ1) is 16.4. The third-order valence-corrected chi connectivity index (χ3v) is 5.33. The molecule has 1 aliphatic carbocycles. The Balaban J connectivity index is 1.70. The number of hydrogen-bond acceptors (Lipinski definition) is 4. The van der Waals surface area contributed by atoms with Crippen molar-refractivity contribution in [1.29, 1.82) is 0 Å². The highest BCUT2D eigenvalue weighted by Crippen LogP contribution is 2.30. The van der Waals surface area contributed by atoms with Crippen LogP contribution in [0.2, 0.25) is 0 Å². The molecule has 6 heteroatoms. The lowest BCUT2D eigenvalue weighted by atomic mass is 9.94. The Hall–Kier alpha value is -2.08. The second-order valence-electron chi connectivity index (χ2n) is 7.01. The van der Waals surface area contributed by atoms with Gasteiger partial charge in [-0.1, -0.05) is 0 Å². The lowest BCUT2D eigenvalue weighted by Gasteiger charge is -2.18. The lowest BCUT2D eigenvalue weighted by molar-refractivity contribution is -0.116. The van der Waals surface area contributed by atoms with E-state index < -0.39 is 0 Å². The van der Waals surface area contributed by atoms with Crippen LogP contribution in [0.1, 0.15) is 55.1 Å². The summed E-state index contributed by atoms with van der Waals surface area (Å²) in [4.78, 5) is 18.3. The number of likely N-dealkylation sites (tertiary alicyclic amines) is 1. The molecule has 3 aliphatic rings. The molecule has 4 rings (SSSR count). The monoisotopic (exact) mass is 342 g/mol. The number of ether oxygens (including phenoxy) is 1. The van der Waals surface area contributed by atoms with E-state index in [0.717, 1.165) is 25.1 Å². The molecule has 25 heavy (non-hydrogen) atoms. The first-order chi connectivity index (χ1) is 12.3. The molecule has 1 fully saturated rings. The van der Waals surface area contributed by atoms with Gasteiger partial charge in [0, 0.05) is 17.9 Å². The van der Waals surface area contributed by atoms with E-state index >= 15 is 0 Å². The molecule has 134 valence electrons. The molecule has 2 aliphatic heterocycles. The summed E-state index contributed by atoms with van der Waals surface area (Å²) in [7, 11) is 0. The van der Waals surface area contributed by atoms with Crippen molar-refractivity contribution in [2.24, 2.45) is 5.10 Å². The molecule has 1 aromatic rings. The number of amides is 1. The molecule has 2 N–H and O–H groups in total. The summed E-state index contributed by atoms with van der Waals surface area (Å²) < 4.78 is 5.51. The molecule has 3 heterocycles. The first-order valence-electron chi connectivity index (χ1n) is 9.44. The van der Waals surface area contributed by atoms with Crippen LogP contribution in [0, 0.1) is 0 Å². The van der Waals surface area contributed by atoms with Crippen molar-refractivity contribution in [2.75, 3.05) is 19.7 Å². The predicted molar refractivity (Wildman–Crippen MR) is 97.1 cm³/mol. The van der Waals surface area contributed by atoms with Gasteiger partial charge in [0.1, 0.15) is 5.57 Å². The van der Waals surface area contributed by atoms with Crippen LogP contribution in [-0.4, -0.2) is 41.4 Å². The standard InChI is InChI=1S/C19H26N4O2/c1-2-25-19-14(18(24)21-22-19)11-17-15(12-23-9-5-6-10-23)13-7-3-4-8-16(13)20-17/h11,20H,2-10,12H2,1H3,(H,21,24). The topological polar surface area (TPSA) is 69.7 Å². The highest BCUT2D eigenvalue weighted by Gasteiger charge is 2.27. The fraction of sp³-hybridized carbons (Fsp3) is 0.579. The molecule has 0 bridgehead atoms. The van der Waals surface area contributed by atoms with Gasteiger partial charge < -0.3 is 9.72 Å². The quantitative estimate of drug-likeness (QED) is 0.825. The molecular weight excluding hydrogens is 316 g/mol. The number of H-pyrrole nitrogens is 1. The van der Waals surface area contributed by atoms with Crippen LogP contribution in [0.3, 0.4) is 0 Å². The van der Waals surface area contributed by atoms with Crippen molar-refractivity contribution in [3.8, 4) is 0 Å². The van der Waals surface area contributed by atoms with Crippen LogP contribution >= 0.6 is 0 Å². The van der Waals surface area contributed by atoms with E-state index in [1.54, 1.807) is 0 Å². The Bertz CT molecular complexity index is 726. The molecule has 0 radical (unpaired) electrons. The summed E-state index contributed by atoms with van der Waals surface area (Å²) in [6, 6.07) is 0. The van der Waals surface area contributed by atoms with Crippen molar-refractivity contribution in [3.63, 3.8) is 0 Å². The number of nitrogens with zero attached hydrogens (tertiary/aromatic N) is 2. The molecule has 0 atom stereocenters. The number of hydrogen-bond donors (Lipinski definition) is 2. The van der Waals surface area contributed by atoms with E-state index in [0.29, 0.717) is 18.1 Å². The Morgan fingerprint density at radius 2 is 2.00 bits per heavy atom. The number of fused-ring (bicyclic) bond motifs is 1. The van der Waals surface area contributed by atoms with Crippen LogP contribution in [-0.2, 0) is 28.9 Å². The van der Waals surface area contributed by atoms with Crippen molar-refractivity contribution < 1.29 is 9.53 Å². The average Bonchev–Trinajstić information content (AvgIpc) is 3.32. The van der Waals surface area contributed by atoms with Crippen molar-refractivity contribution in [3.05, 3.63) is 28.1 Å². The van der Waals surface area contributed by atoms with E-state index in [4.69, 9.17) is 4.74 Å². The largest absolute Gasteiger partial charge is 0.476 e. The third kappa shape index (κ3) is 3.23. The minimum Gasteiger partial charge on any atom is -0.476 e. The third-order valence-electron chi connectivity index (χ3n) is 5.33. The minimum atomic E-state index is -0.192. The Morgan fingerprint density at radius 1 is 1.20 bits per heavy atom. The zero-order chi connectivity index (χ0) is 17.2. The van der Waals surface area contributed by atoms with Gasteiger partial charge in [-0.15, -0.1) is 5.10 Å². The molecular formula is C19H26N4O2. The van der Waals surface area contributed by atoms with Crippen LogP contribution in [0.4, 0.5) is 0 Å². The molecule has 6 nitrogen and oxygen atoms in total. The van der Waals surface area contributed by atoms with Crippen molar-refractivity contribution in [2.45, 2.75) is 52.0 Å². The summed E-state index contributed by atoms with van der Waals surface area (Å²) in [6.07, 6.45) is 9.22. The Morgan fingerprint density at radius 3 is 2.80 bits per heavy atom. The van der Waals surface area contributed by atoms with Crippen molar-refractivity contribution in [1.82, 2.24) is 15.3 Å². The maximum Gasteiger partial charge on any atom is 0.277 e. The van der Waals surface area contributed by atoms with Gasteiger partial charge >= 0.3 is 0 Å². The summed E-state index contributed by atoms with van der Waals surface area (Å²) >= 11 is 0. The zero-order valence-electron chi connectivity index (χ0n) is 14.9. The molecule has 1 amide bonds. The highest BCUT2D eigenvalue weighted by atomic mass is 16.5. The van der Waals surface area contributed by atoms with E-state index in [2.05, 4.69) is 20.4 Å². The van der Waals surface area contributed by atoms with Gasteiger partial charge in [-0.2, -0.15) is 0 Å². The normalized spacial score (nSPS) is 22.2. The van der Waals surface area contributed by atoms with Gasteiger partial charge in [0.2, 0.25) is 5.90 Å². The van der Waals surface area contributed by atoms with Crippen LogP contribution in [0.15, 0.2) is 10.7 Å². The first-order valence-corrected chi connectivity index (χ1v) is 9.44. The maximum atomic E-state index is 12.2. The number of aromatic nitrogens is 1. The fourth-order valence-electron chi connectivity index (χ4n) is 4.08. The molecule has 0 saturated carbocycles. The molecule has 0 aromatic carbocycles. The van der Waals surface area contributed by atoms with Gasteiger partial charge in [0.05, 0.1) is 6.61 Å². The van der Waals surface area contributed by atoms with E-state index in [9.17, 15) is 4.79 Å². The predicted octanol–water partition coefficient (Wildman–Crippen LogP) is 2.35. The van der Waals surface area contributed by atoms with Gasteiger partial charge in [-0.3, -0.25) is 9.69 Å². The number of aryl methyl sites for hydroxylation is 1. The SMILES string of the molecule is CCOC1=NNC(=O)C1=Cc1[nH]c2c(c1CN1CCCC1)CCCC2. The number of carbonyl (C=O) groups is 1. The molecule has 1 saturated heterocycles. The zero-order valence-corrected chi connectivity index (χ0v) is 14.9. The average molecular weight is 342 g/mol. The van der Waals surface area contributed by atoms with Crippen molar-refractivity contribution >= 4 is 17.9 Å². The minimum absolute atomic E-state index is 0.192. The smallest absolute Gasteiger partial charge is 0.277 e. The molecule has 1 aromatic heterocycles. The number of aromatic amines is 1. The molecule has 0 unspecified atom stereocenters. The fourth-order valence-corrected chi connectivity index (χ4v) is 4.08. The van der Waals surface area contributed by atoms with Crippen LogP contribution < -0.4 is 5.43 Å². The maximum absolute atomic E-state index is 12.2. The number of carbonyl (C=O) groups excluding carboxylic acids is 1. The van der Waals surface area contributed by atoms with E-state index in [1.165, 1.54) is 55.6 Å². The Kier molecular flexibility index (Phi) is 4.61. The second-order valence-corrected chi connectivity index (χ2v) is 7.01. The lowest BCUT2D eigenvalue weighted by Crippen LogP contribution is -2.20. The van der Waals surface area contributed by atoms with E-state index in [-0.39, 0.29) is 5.91 Å². The van der Waals surface area contributed by atoms with Gasteiger partial charge in [-0.25, -0.2) is 5.43 Å². The number of nitrogens with one attached hydrogen (secondary N) is 2.